The Morgan fingerprint density at radius 1 is 0.897 bits per heavy atom. The molecule has 0 bridgehead atoms. The van der Waals surface area contributed by atoms with Crippen LogP contribution in [-0.2, 0) is 13.1 Å². The SMILES string of the molecule is Cc1cccc(C2[NH+](Cc3ccccc3C)CC[NH+]2Cc2c(F)cccc2Cl)c1. The van der Waals surface area contributed by atoms with Gasteiger partial charge in [-0.1, -0.05) is 59.6 Å². The lowest BCUT2D eigenvalue weighted by atomic mass is 10.1. The maximum absolute atomic E-state index is 14.5. The molecule has 0 aromatic heterocycles. The average molecular weight is 411 g/mol. The Bertz CT molecular complexity index is 983. The smallest absolute Gasteiger partial charge is 0.241 e. The summed E-state index contributed by atoms with van der Waals surface area (Å²) in [5.74, 6) is -0.208. The zero-order chi connectivity index (χ0) is 20.4. The van der Waals surface area contributed by atoms with E-state index in [0.717, 1.165) is 19.6 Å². The van der Waals surface area contributed by atoms with E-state index in [-0.39, 0.29) is 12.0 Å². The highest BCUT2D eigenvalue weighted by Crippen LogP contribution is 2.19. The number of benzene rings is 3. The van der Waals surface area contributed by atoms with Gasteiger partial charge in [-0.3, -0.25) is 9.80 Å². The molecule has 1 heterocycles. The minimum absolute atomic E-state index is 0.208. The van der Waals surface area contributed by atoms with Gasteiger partial charge in [0.2, 0.25) is 6.17 Å². The molecule has 0 amide bonds. The number of quaternary nitrogens is 2. The molecule has 3 aromatic rings. The molecule has 2 nitrogen and oxygen atoms in total. The van der Waals surface area contributed by atoms with Gasteiger partial charge in [-0.15, -0.1) is 0 Å². The molecule has 0 saturated carbocycles. The highest BCUT2D eigenvalue weighted by atomic mass is 35.5. The van der Waals surface area contributed by atoms with Crippen LogP contribution in [0.1, 0.15) is 34.0 Å². The number of halogens is 2. The van der Waals surface area contributed by atoms with E-state index in [9.17, 15) is 4.39 Å². The van der Waals surface area contributed by atoms with Gasteiger partial charge in [0.05, 0.1) is 16.1 Å². The maximum atomic E-state index is 14.5. The monoisotopic (exact) mass is 410 g/mol. The van der Waals surface area contributed by atoms with E-state index in [0.29, 0.717) is 17.1 Å². The van der Waals surface area contributed by atoms with Gasteiger partial charge in [0.1, 0.15) is 32.0 Å². The predicted octanol–water partition coefficient (Wildman–Crippen LogP) is 3.28. The zero-order valence-electron chi connectivity index (χ0n) is 17.0. The van der Waals surface area contributed by atoms with Crippen LogP contribution in [0, 0.1) is 19.7 Å². The van der Waals surface area contributed by atoms with Crippen molar-refractivity contribution in [1.29, 1.82) is 0 Å². The number of hydrogen-bond donors (Lipinski definition) is 2. The van der Waals surface area contributed by atoms with Crippen molar-refractivity contribution in [3.63, 3.8) is 0 Å². The van der Waals surface area contributed by atoms with Gasteiger partial charge in [0, 0.05) is 5.56 Å². The summed E-state index contributed by atoms with van der Waals surface area (Å²) in [5, 5.41) is 0.521. The topological polar surface area (TPSA) is 8.88 Å². The van der Waals surface area contributed by atoms with Gasteiger partial charge in [-0.05, 0) is 43.7 Å². The molecule has 4 heteroatoms. The Hall–Kier alpha value is -2.20. The van der Waals surface area contributed by atoms with E-state index >= 15 is 0 Å². The molecule has 1 saturated heterocycles. The van der Waals surface area contributed by atoms with Crippen LogP contribution in [-0.4, -0.2) is 13.1 Å². The molecular weight excluding hydrogens is 383 g/mol. The first kappa shape index (κ1) is 20.1. The first-order chi connectivity index (χ1) is 14.0. The summed E-state index contributed by atoms with van der Waals surface area (Å²) in [6, 6.07) is 22.3. The lowest BCUT2D eigenvalue weighted by molar-refractivity contribution is -1.09. The molecule has 2 N–H and O–H groups in total. The van der Waals surface area contributed by atoms with Crippen molar-refractivity contribution >= 4 is 11.6 Å². The minimum atomic E-state index is -0.208. The second-order valence-electron chi connectivity index (χ2n) is 8.14. The summed E-state index contributed by atoms with van der Waals surface area (Å²) in [6.07, 6.45) is 0.255. The molecule has 0 aliphatic carbocycles. The van der Waals surface area contributed by atoms with E-state index in [4.69, 9.17) is 11.6 Å². The fourth-order valence-corrected chi connectivity index (χ4v) is 4.81. The van der Waals surface area contributed by atoms with Crippen molar-refractivity contribution in [3.8, 4) is 0 Å². The molecule has 1 fully saturated rings. The Labute approximate surface area is 177 Å². The highest BCUT2D eigenvalue weighted by molar-refractivity contribution is 6.31. The maximum Gasteiger partial charge on any atom is 0.241 e. The van der Waals surface area contributed by atoms with Crippen LogP contribution in [0.25, 0.3) is 0 Å². The lowest BCUT2D eigenvalue weighted by Crippen LogP contribution is -3.22. The summed E-state index contributed by atoms with van der Waals surface area (Å²) in [5.41, 5.74) is 5.90. The molecule has 29 heavy (non-hydrogen) atoms. The molecule has 150 valence electrons. The summed E-state index contributed by atoms with van der Waals surface area (Å²) in [7, 11) is 0. The third-order valence-corrected chi connectivity index (χ3v) is 6.46. The number of aryl methyl sites for hydroxylation is 2. The molecule has 0 spiro atoms. The van der Waals surface area contributed by atoms with Crippen LogP contribution < -0.4 is 9.80 Å². The normalized spacial score (nSPS) is 21.4. The molecule has 3 unspecified atom stereocenters. The fraction of sp³-hybridized carbons (Fsp3) is 0.280. The zero-order valence-corrected chi connectivity index (χ0v) is 17.8. The van der Waals surface area contributed by atoms with Crippen molar-refractivity contribution in [2.45, 2.75) is 33.1 Å². The van der Waals surface area contributed by atoms with Crippen LogP contribution in [0.5, 0.6) is 0 Å². The predicted molar refractivity (Wildman–Crippen MR) is 116 cm³/mol. The van der Waals surface area contributed by atoms with Crippen LogP contribution in [0.3, 0.4) is 0 Å². The van der Waals surface area contributed by atoms with Crippen LogP contribution in [0.2, 0.25) is 5.02 Å². The quantitative estimate of drug-likeness (QED) is 0.638. The first-order valence-corrected chi connectivity index (χ1v) is 10.6. The van der Waals surface area contributed by atoms with Gasteiger partial charge >= 0.3 is 0 Å². The molecule has 3 atom stereocenters. The number of rotatable bonds is 5. The number of hydrogen-bond acceptors (Lipinski definition) is 0. The standard InChI is InChI=1S/C25H26ClFN2/c1-18-7-5-10-20(15-18)25-28(16-21-9-4-3-8-19(21)2)13-14-29(25)17-22-23(26)11-6-12-24(22)27/h3-12,15,25H,13-14,16-17H2,1-2H3/p+2. The summed E-state index contributed by atoms with van der Waals surface area (Å²) in [4.78, 5) is 2.89. The van der Waals surface area contributed by atoms with Crippen molar-refractivity contribution in [2.24, 2.45) is 0 Å². The van der Waals surface area contributed by atoms with Crippen molar-refractivity contribution in [2.75, 3.05) is 13.1 Å². The van der Waals surface area contributed by atoms with Crippen molar-refractivity contribution < 1.29 is 14.2 Å². The second-order valence-corrected chi connectivity index (χ2v) is 8.55. The van der Waals surface area contributed by atoms with E-state index in [2.05, 4.69) is 62.4 Å². The fourth-order valence-electron chi connectivity index (χ4n) is 4.58. The van der Waals surface area contributed by atoms with Gasteiger partial charge < -0.3 is 0 Å². The Morgan fingerprint density at radius 3 is 2.34 bits per heavy atom. The van der Waals surface area contributed by atoms with Gasteiger partial charge in [-0.25, -0.2) is 4.39 Å². The first-order valence-electron chi connectivity index (χ1n) is 10.3. The summed E-state index contributed by atoms with van der Waals surface area (Å²) < 4.78 is 14.5. The second kappa shape index (κ2) is 8.66. The average Bonchev–Trinajstić information content (AvgIpc) is 3.09. The Morgan fingerprint density at radius 2 is 1.62 bits per heavy atom. The highest BCUT2D eigenvalue weighted by Gasteiger charge is 2.41. The summed E-state index contributed by atoms with van der Waals surface area (Å²) >= 11 is 6.35. The van der Waals surface area contributed by atoms with Crippen molar-refractivity contribution in [3.05, 3.63) is 105 Å². The van der Waals surface area contributed by atoms with Gasteiger partial charge in [0.15, 0.2) is 0 Å². The van der Waals surface area contributed by atoms with Crippen molar-refractivity contribution in [1.82, 2.24) is 0 Å². The van der Waals surface area contributed by atoms with Gasteiger partial charge in [0.25, 0.3) is 0 Å². The van der Waals surface area contributed by atoms with Crippen LogP contribution >= 0.6 is 11.6 Å². The lowest BCUT2D eigenvalue weighted by Gasteiger charge is -2.25. The molecule has 1 aliphatic heterocycles. The van der Waals surface area contributed by atoms with E-state index in [1.807, 2.05) is 0 Å². The number of nitrogens with one attached hydrogen (secondary N) is 2. The molecular formula is C25H28ClFN2+2. The Balaban J connectivity index is 1.67. The Kier molecular flexibility index (Phi) is 6.00. The summed E-state index contributed by atoms with van der Waals surface area (Å²) in [6.45, 7) is 7.92. The van der Waals surface area contributed by atoms with E-state index < -0.39 is 0 Å². The van der Waals surface area contributed by atoms with Gasteiger partial charge in [-0.2, -0.15) is 0 Å². The largest absolute Gasteiger partial charge is 0.274 e. The molecule has 1 aliphatic rings. The van der Waals surface area contributed by atoms with E-state index in [1.54, 1.807) is 12.1 Å². The molecule has 3 aromatic carbocycles. The molecule has 4 rings (SSSR count). The third kappa shape index (κ3) is 4.37. The minimum Gasteiger partial charge on any atom is -0.274 e. The third-order valence-electron chi connectivity index (χ3n) is 6.10. The van der Waals surface area contributed by atoms with Crippen LogP contribution in [0.15, 0.2) is 66.7 Å². The van der Waals surface area contributed by atoms with E-state index in [1.165, 1.54) is 38.1 Å². The molecule has 0 radical (unpaired) electrons. The van der Waals surface area contributed by atoms with Crippen LogP contribution in [0.4, 0.5) is 4.39 Å².